The smallest absolute Gasteiger partial charge is 0.462 e. The van der Waals surface area contributed by atoms with Crippen LogP contribution in [0.3, 0.4) is 0 Å². The lowest BCUT2D eigenvalue weighted by molar-refractivity contribution is -0.161. The van der Waals surface area contributed by atoms with E-state index in [0.717, 1.165) is 141 Å². The molecule has 0 fully saturated rings. The van der Waals surface area contributed by atoms with Crippen molar-refractivity contribution < 1.29 is 37.6 Å². The molecule has 0 aliphatic heterocycles. The largest absolute Gasteiger partial charge is 0.472 e. The lowest BCUT2D eigenvalue weighted by Gasteiger charge is -2.19. The standard InChI is InChI=1S/C77H126NO8P/c1-3-5-7-9-11-13-15-17-19-21-23-25-27-29-31-33-35-36-37-38-40-42-44-46-48-50-52-54-56-58-60-62-64-66-68-70-77(80)86-75(74-85-87(81,82)84-72-71-78)73-83-76(79)69-67-65-63-61-59-57-55-53-51-49-47-45-43-41-39-34-32-30-28-26-24-22-20-18-16-14-12-10-8-6-4-2/h5-8,11-14,17-20,23-26,29-32,35-36,38-41,44,46,75H,3-4,9-10,15-16,21-22,27-28,33-34,37,42-43,45,47-74,78H2,1-2H3,(H,81,82)/b7-5-,8-6-,13-11-,14-12-,19-17-,20-18-,25-23-,26-24-,31-29-,32-30-,36-35-,40-38-,41-39-,46-44-. The number of hydrogen-bond acceptors (Lipinski definition) is 8. The van der Waals surface area contributed by atoms with Gasteiger partial charge in [0.2, 0.25) is 0 Å². The number of unbranched alkanes of at least 4 members (excludes halogenated alkanes) is 22. The van der Waals surface area contributed by atoms with Gasteiger partial charge >= 0.3 is 19.8 Å². The first-order chi connectivity index (χ1) is 42.8. The number of carbonyl (C=O) groups excluding carboxylic acids is 2. The molecule has 87 heavy (non-hydrogen) atoms. The molecular weight excluding hydrogens is 1100 g/mol. The summed E-state index contributed by atoms with van der Waals surface area (Å²) in [7, 11) is -4.41. The van der Waals surface area contributed by atoms with Gasteiger partial charge in [-0.05, 0) is 128 Å². The van der Waals surface area contributed by atoms with Crippen LogP contribution in [0.4, 0.5) is 0 Å². The number of phosphoric ester groups is 1. The second-order valence-corrected chi connectivity index (χ2v) is 23.7. The summed E-state index contributed by atoms with van der Waals surface area (Å²) < 4.78 is 33.2. The molecule has 3 N–H and O–H groups in total. The molecule has 0 bridgehead atoms. The molecule has 0 saturated carbocycles. The molecule has 0 spiro atoms. The maximum Gasteiger partial charge on any atom is 0.472 e. The number of nitrogens with two attached hydrogens (primary N) is 1. The second kappa shape index (κ2) is 70.5. The van der Waals surface area contributed by atoms with Crippen molar-refractivity contribution >= 4 is 19.8 Å². The Morgan fingerprint density at radius 3 is 0.885 bits per heavy atom. The molecule has 0 rings (SSSR count). The molecule has 10 heteroatoms. The summed E-state index contributed by atoms with van der Waals surface area (Å²) >= 11 is 0. The molecule has 0 aliphatic carbocycles. The van der Waals surface area contributed by atoms with E-state index in [9.17, 15) is 19.0 Å². The molecule has 0 heterocycles. The predicted octanol–water partition coefficient (Wildman–Crippen LogP) is 23.0. The van der Waals surface area contributed by atoms with Crippen LogP contribution >= 0.6 is 7.82 Å². The SMILES string of the molecule is CC/C=C\C/C=C\C/C=C\C/C=C\C/C=C\C/C=C\C/C=C\C/C=C\CCCCCCCCCCCCC(=O)OC(COC(=O)CCCCCCCCCCCCCC/C=C\C/C=C\C/C=C\C/C=C\C/C=C\C/C=C\CC)COP(=O)(O)OCCN. The normalized spacial score (nSPS) is 14.0. The van der Waals surface area contributed by atoms with Crippen LogP contribution in [0.2, 0.25) is 0 Å². The maximum absolute atomic E-state index is 12.8. The fraction of sp³-hybridized carbons (Fsp3) is 0.610. The van der Waals surface area contributed by atoms with E-state index in [0.29, 0.717) is 6.42 Å². The fourth-order valence-electron chi connectivity index (χ4n) is 9.07. The summed E-state index contributed by atoms with van der Waals surface area (Å²) in [6, 6.07) is 0. The molecular formula is C77H126NO8P. The van der Waals surface area contributed by atoms with Gasteiger partial charge in [-0.1, -0.05) is 300 Å². The Morgan fingerprint density at radius 2 is 0.598 bits per heavy atom. The van der Waals surface area contributed by atoms with Gasteiger partial charge in [-0.15, -0.1) is 0 Å². The van der Waals surface area contributed by atoms with Crippen molar-refractivity contribution in [1.29, 1.82) is 0 Å². The number of hydrogen-bond donors (Lipinski definition) is 2. The highest BCUT2D eigenvalue weighted by atomic mass is 31.2. The van der Waals surface area contributed by atoms with Gasteiger partial charge in [-0.2, -0.15) is 0 Å². The molecule has 492 valence electrons. The number of allylic oxidation sites excluding steroid dienone is 28. The van der Waals surface area contributed by atoms with Gasteiger partial charge in [0.1, 0.15) is 6.61 Å². The third-order valence-electron chi connectivity index (χ3n) is 14.1. The number of ether oxygens (including phenoxy) is 2. The lowest BCUT2D eigenvalue weighted by atomic mass is 10.0. The van der Waals surface area contributed by atoms with Crippen LogP contribution in [0.1, 0.15) is 271 Å². The van der Waals surface area contributed by atoms with Gasteiger partial charge in [0.15, 0.2) is 6.10 Å². The summed E-state index contributed by atoms with van der Waals surface area (Å²) in [5, 5.41) is 0. The van der Waals surface area contributed by atoms with Crippen LogP contribution in [0.5, 0.6) is 0 Å². The van der Waals surface area contributed by atoms with Crippen molar-refractivity contribution in [2.45, 2.75) is 277 Å². The Balaban J connectivity index is 3.97. The van der Waals surface area contributed by atoms with Crippen molar-refractivity contribution in [1.82, 2.24) is 0 Å². The van der Waals surface area contributed by atoms with Crippen LogP contribution in [0.15, 0.2) is 170 Å². The first-order valence-electron chi connectivity index (χ1n) is 34.6. The van der Waals surface area contributed by atoms with E-state index in [2.05, 4.69) is 184 Å². The van der Waals surface area contributed by atoms with Crippen molar-refractivity contribution in [3.05, 3.63) is 170 Å². The number of phosphoric acid groups is 1. The lowest BCUT2D eigenvalue weighted by Crippen LogP contribution is -2.29. The van der Waals surface area contributed by atoms with E-state index in [1.807, 2.05) is 0 Å². The highest BCUT2D eigenvalue weighted by Gasteiger charge is 2.26. The van der Waals surface area contributed by atoms with Crippen molar-refractivity contribution in [2.24, 2.45) is 5.73 Å². The minimum Gasteiger partial charge on any atom is -0.462 e. The average molecular weight is 1220 g/mol. The van der Waals surface area contributed by atoms with E-state index in [1.165, 1.54) is 96.3 Å². The highest BCUT2D eigenvalue weighted by molar-refractivity contribution is 7.47. The predicted molar refractivity (Wildman–Crippen MR) is 376 cm³/mol. The van der Waals surface area contributed by atoms with Crippen LogP contribution in [0, 0.1) is 0 Å². The quantitative estimate of drug-likeness (QED) is 0.0264. The average Bonchev–Trinajstić information content (AvgIpc) is 3.64. The van der Waals surface area contributed by atoms with Crippen molar-refractivity contribution in [3.8, 4) is 0 Å². The van der Waals surface area contributed by atoms with Crippen LogP contribution in [-0.4, -0.2) is 49.3 Å². The maximum atomic E-state index is 12.8. The van der Waals surface area contributed by atoms with Gasteiger partial charge in [0.25, 0.3) is 0 Å². The van der Waals surface area contributed by atoms with Gasteiger partial charge in [-0.25, -0.2) is 4.57 Å². The molecule has 2 atom stereocenters. The molecule has 0 radical (unpaired) electrons. The molecule has 0 aliphatic rings. The Kier molecular flexibility index (Phi) is 66.7. The monoisotopic (exact) mass is 1220 g/mol. The Morgan fingerprint density at radius 1 is 0.345 bits per heavy atom. The number of carbonyl (C=O) groups is 2. The fourth-order valence-corrected chi connectivity index (χ4v) is 9.83. The molecule has 2 unspecified atom stereocenters. The van der Waals surface area contributed by atoms with E-state index < -0.39 is 26.5 Å². The zero-order valence-electron chi connectivity index (χ0n) is 55.2. The van der Waals surface area contributed by atoms with Gasteiger partial charge in [0, 0.05) is 19.4 Å². The number of esters is 2. The third kappa shape index (κ3) is 70.3. The van der Waals surface area contributed by atoms with E-state index in [1.54, 1.807) is 0 Å². The van der Waals surface area contributed by atoms with E-state index in [-0.39, 0.29) is 38.6 Å². The summed E-state index contributed by atoms with van der Waals surface area (Å²) in [5.41, 5.74) is 5.40. The highest BCUT2D eigenvalue weighted by Crippen LogP contribution is 2.43. The molecule has 0 aromatic rings. The molecule has 0 saturated heterocycles. The van der Waals surface area contributed by atoms with Gasteiger partial charge in [0.05, 0.1) is 13.2 Å². The van der Waals surface area contributed by atoms with Crippen LogP contribution in [-0.2, 0) is 32.7 Å². The minimum atomic E-state index is -4.41. The zero-order chi connectivity index (χ0) is 63.0. The minimum absolute atomic E-state index is 0.0446. The topological polar surface area (TPSA) is 134 Å². The van der Waals surface area contributed by atoms with Gasteiger partial charge < -0.3 is 20.1 Å². The summed E-state index contributed by atoms with van der Waals surface area (Å²) in [6.45, 7) is 3.51. The molecule has 9 nitrogen and oxygen atoms in total. The Labute approximate surface area is 533 Å². The van der Waals surface area contributed by atoms with Crippen molar-refractivity contribution in [2.75, 3.05) is 26.4 Å². The Bertz CT molecular complexity index is 2030. The Hall–Kier alpha value is -4.63. The summed E-state index contributed by atoms with van der Waals surface area (Å²) in [6.07, 6.45) is 104. The summed E-state index contributed by atoms with van der Waals surface area (Å²) in [5.74, 6) is -0.841. The molecule has 0 aromatic carbocycles. The third-order valence-corrected chi connectivity index (χ3v) is 15.1. The molecule has 0 amide bonds. The second-order valence-electron chi connectivity index (χ2n) is 22.3. The first-order valence-corrected chi connectivity index (χ1v) is 36.1. The first kappa shape index (κ1) is 82.4. The van der Waals surface area contributed by atoms with E-state index >= 15 is 0 Å². The van der Waals surface area contributed by atoms with Crippen LogP contribution in [0.25, 0.3) is 0 Å². The number of rotatable bonds is 63. The molecule has 0 aromatic heterocycles. The van der Waals surface area contributed by atoms with Gasteiger partial charge in [-0.3, -0.25) is 18.6 Å². The van der Waals surface area contributed by atoms with Crippen LogP contribution < -0.4 is 5.73 Å². The van der Waals surface area contributed by atoms with Crippen molar-refractivity contribution in [3.63, 3.8) is 0 Å². The summed E-state index contributed by atoms with van der Waals surface area (Å²) in [4.78, 5) is 35.4. The van der Waals surface area contributed by atoms with E-state index in [4.69, 9.17) is 24.3 Å². The zero-order valence-corrected chi connectivity index (χ0v) is 56.1.